The van der Waals surface area contributed by atoms with Gasteiger partial charge < -0.3 is 24.3 Å². The molecule has 1 N–H and O–H groups in total. The van der Waals surface area contributed by atoms with E-state index in [4.69, 9.17) is 18.9 Å². The maximum atomic E-state index is 12.3. The van der Waals surface area contributed by atoms with Crippen LogP contribution in [0.25, 0.3) is 0 Å². The second-order valence-corrected chi connectivity index (χ2v) is 7.17. The topological polar surface area (TPSA) is 66.0 Å². The third-order valence-corrected chi connectivity index (χ3v) is 4.47. The molecule has 0 aliphatic carbocycles. The van der Waals surface area contributed by atoms with Crippen LogP contribution in [-0.4, -0.2) is 38.9 Å². The van der Waals surface area contributed by atoms with Gasteiger partial charge in [-0.05, 0) is 32.0 Å². The molecule has 0 unspecified atom stereocenters. The number of methoxy groups -OCH3 is 2. The molecule has 2 aromatic rings. The molecule has 152 valence electrons. The fourth-order valence-corrected chi connectivity index (χ4v) is 3.13. The molecule has 6 nitrogen and oxygen atoms in total. The monoisotopic (exact) mass is 395 g/mol. The summed E-state index contributed by atoms with van der Waals surface area (Å²) in [5.41, 5.74) is 1.34. The van der Waals surface area contributed by atoms with E-state index >= 15 is 0 Å². The van der Waals surface area contributed by atoms with Gasteiger partial charge in [0.15, 0.2) is 11.5 Å². The van der Waals surface area contributed by atoms with Crippen LogP contribution in [0.15, 0.2) is 36.4 Å². The smallest absolute Gasteiger partial charge is 0.255 e. The number of fused-ring (bicyclic) bond motifs is 1. The molecule has 1 aliphatic heterocycles. The van der Waals surface area contributed by atoms with Crippen molar-refractivity contribution < 1.29 is 23.7 Å². The molecule has 0 fully saturated rings. The molecule has 0 atom stereocenters. The number of ether oxygens (including phenoxy) is 4. The first-order valence-electron chi connectivity index (χ1n) is 9.33. The predicted molar refractivity (Wildman–Crippen MR) is 110 cm³/mol. The van der Waals surface area contributed by atoms with Crippen molar-refractivity contribution in [1.29, 1.82) is 0 Å². The van der Waals surface area contributed by atoms with Crippen LogP contribution in [0.5, 0.6) is 23.0 Å². The number of hydrogen-bond donors (Lipinski definition) is 1. The van der Waals surface area contributed by atoms with Crippen LogP contribution in [-0.2, 0) is 6.42 Å². The van der Waals surface area contributed by atoms with Crippen molar-refractivity contribution in [2.45, 2.75) is 25.9 Å². The first-order valence-corrected chi connectivity index (χ1v) is 9.33. The van der Waals surface area contributed by atoms with Crippen molar-refractivity contribution in [1.82, 2.24) is 5.32 Å². The van der Waals surface area contributed by atoms with E-state index < -0.39 is 0 Å². The van der Waals surface area contributed by atoms with Crippen LogP contribution in [0.4, 0.5) is 0 Å². The van der Waals surface area contributed by atoms with E-state index in [1.807, 2.05) is 18.2 Å². The molecule has 0 saturated carbocycles. The van der Waals surface area contributed by atoms with Crippen LogP contribution < -0.4 is 24.3 Å². The number of carbonyl (C=O) groups is 1. The predicted octanol–water partition coefficient (Wildman–Crippen LogP) is 3.23. The highest BCUT2D eigenvalue weighted by atomic mass is 16.5. The first-order chi connectivity index (χ1) is 13.9. The summed E-state index contributed by atoms with van der Waals surface area (Å²) in [6, 6.07) is 10.9. The van der Waals surface area contributed by atoms with Crippen LogP contribution >= 0.6 is 0 Å². The lowest BCUT2D eigenvalue weighted by Gasteiger charge is -2.17. The second kappa shape index (κ2) is 8.78. The van der Waals surface area contributed by atoms with Crippen molar-refractivity contribution in [2.24, 2.45) is 0 Å². The van der Waals surface area contributed by atoms with Gasteiger partial charge in [0.1, 0.15) is 23.7 Å². The standard InChI is InChI=1S/C23H25NO5/c1-23(2)15-16-8-7-9-19(21(16)29-23)28-13-6-5-12-24-22(25)18-11-10-17(26-3)14-20(18)27-4/h7-11,14H,12-13,15H2,1-4H3,(H,24,25). The number of nitrogens with one attached hydrogen (secondary N) is 1. The molecule has 0 radical (unpaired) electrons. The summed E-state index contributed by atoms with van der Waals surface area (Å²) >= 11 is 0. The molecular weight excluding hydrogens is 370 g/mol. The summed E-state index contributed by atoms with van der Waals surface area (Å²) in [5.74, 6) is 8.07. The summed E-state index contributed by atoms with van der Waals surface area (Å²) < 4.78 is 22.1. The molecule has 1 aliphatic rings. The zero-order chi connectivity index (χ0) is 20.9. The van der Waals surface area contributed by atoms with Gasteiger partial charge in [-0.3, -0.25) is 4.79 Å². The Morgan fingerprint density at radius 1 is 1.14 bits per heavy atom. The quantitative estimate of drug-likeness (QED) is 0.761. The average Bonchev–Trinajstić information content (AvgIpc) is 3.04. The summed E-state index contributed by atoms with van der Waals surface area (Å²) in [7, 11) is 3.07. The minimum atomic E-state index is -0.267. The number of benzene rings is 2. The normalized spacial score (nSPS) is 13.4. The highest BCUT2D eigenvalue weighted by molar-refractivity contribution is 5.97. The Morgan fingerprint density at radius 3 is 2.72 bits per heavy atom. The molecule has 0 bridgehead atoms. The van der Waals surface area contributed by atoms with Crippen LogP contribution in [0.3, 0.4) is 0 Å². The summed E-state index contributed by atoms with van der Waals surface area (Å²) in [6.45, 7) is 4.52. The molecule has 6 heteroatoms. The van der Waals surface area contributed by atoms with E-state index in [1.54, 1.807) is 25.3 Å². The number of carbonyl (C=O) groups excluding carboxylic acids is 1. The maximum Gasteiger partial charge on any atom is 0.255 e. The van der Waals surface area contributed by atoms with Gasteiger partial charge in [-0.25, -0.2) is 0 Å². The minimum Gasteiger partial charge on any atom is -0.497 e. The van der Waals surface area contributed by atoms with E-state index in [9.17, 15) is 4.79 Å². The van der Waals surface area contributed by atoms with E-state index in [0.29, 0.717) is 22.8 Å². The largest absolute Gasteiger partial charge is 0.497 e. The summed E-state index contributed by atoms with van der Waals surface area (Å²) in [6.07, 6.45) is 0.853. The third kappa shape index (κ3) is 4.94. The van der Waals surface area contributed by atoms with Gasteiger partial charge in [0.25, 0.3) is 5.91 Å². The zero-order valence-electron chi connectivity index (χ0n) is 17.1. The molecule has 0 saturated heterocycles. The van der Waals surface area contributed by atoms with Gasteiger partial charge in [0, 0.05) is 18.1 Å². The Morgan fingerprint density at radius 2 is 1.97 bits per heavy atom. The van der Waals surface area contributed by atoms with Gasteiger partial charge in [-0.15, -0.1) is 0 Å². The Balaban J connectivity index is 1.51. The summed E-state index contributed by atoms with van der Waals surface area (Å²) in [5, 5.41) is 2.75. The van der Waals surface area contributed by atoms with Crippen molar-refractivity contribution in [2.75, 3.05) is 27.4 Å². The lowest BCUT2D eigenvalue weighted by Crippen LogP contribution is -2.24. The molecular formula is C23H25NO5. The third-order valence-electron chi connectivity index (χ3n) is 4.47. The number of rotatable bonds is 6. The lowest BCUT2D eigenvalue weighted by molar-refractivity contribution is 0.0955. The second-order valence-electron chi connectivity index (χ2n) is 7.17. The molecule has 3 rings (SSSR count). The zero-order valence-corrected chi connectivity index (χ0v) is 17.1. The number of amides is 1. The van der Waals surface area contributed by atoms with Gasteiger partial charge in [-0.1, -0.05) is 24.0 Å². The van der Waals surface area contributed by atoms with Crippen LogP contribution in [0.1, 0.15) is 29.8 Å². The Kier molecular flexibility index (Phi) is 6.18. The van der Waals surface area contributed by atoms with Gasteiger partial charge >= 0.3 is 0 Å². The van der Waals surface area contributed by atoms with E-state index in [0.717, 1.165) is 17.7 Å². The molecule has 1 heterocycles. The van der Waals surface area contributed by atoms with Crippen molar-refractivity contribution >= 4 is 5.91 Å². The van der Waals surface area contributed by atoms with E-state index in [1.165, 1.54) is 7.11 Å². The minimum absolute atomic E-state index is 0.202. The van der Waals surface area contributed by atoms with Crippen molar-refractivity contribution in [3.63, 3.8) is 0 Å². The first kappa shape index (κ1) is 20.4. The van der Waals surface area contributed by atoms with Gasteiger partial charge in [0.05, 0.1) is 26.3 Å². The van der Waals surface area contributed by atoms with Crippen LogP contribution in [0.2, 0.25) is 0 Å². The van der Waals surface area contributed by atoms with Gasteiger partial charge in [-0.2, -0.15) is 0 Å². The highest BCUT2D eigenvalue weighted by Crippen LogP contribution is 2.41. The SMILES string of the molecule is COc1ccc(C(=O)NCC#CCOc2cccc3c2OC(C)(C)C3)c(OC)c1. The van der Waals surface area contributed by atoms with E-state index in [-0.39, 0.29) is 24.7 Å². The fraction of sp³-hybridized carbons (Fsp3) is 0.348. The lowest BCUT2D eigenvalue weighted by atomic mass is 10.0. The summed E-state index contributed by atoms with van der Waals surface area (Å²) in [4.78, 5) is 12.3. The average molecular weight is 395 g/mol. The Labute approximate surface area is 171 Å². The molecule has 0 aromatic heterocycles. The molecule has 1 amide bonds. The molecule has 2 aromatic carbocycles. The maximum absolute atomic E-state index is 12.3. The van der Waals surface area contributed by atoms with E-state index in [2.05, 4.69) is 31.0 Å². The Hall–Kier alpha value is -3.33. The number of para-hydroxylation sites is 1. The highest BCUT2D eigenvalue weighted by Gasteiger charge is 2.32. The van der Waals surface area contributed by atoms with Crippen molar-refractivity contribution in [3.05, 3.63) is 47.5 Å². The van der Waals surface area contributed by atoms with Crippen molar-refractivity contribution in [3.8, 4) is 34.8 Å². The van der Waals surface area contributed by atoms with Crippen LogP contribution in [0, 0.1) is 11.8 Å². The number of hydrogen-bond acceptors (Lipinski definition) is 5. The Bertz CT molecular complexity index is 955. The van der Waals surface area contributed by atoms with Gasteiger partial charge in [0.2, 0.25) is 0 Å². The molecule has 0 spiro atoms. The molecule has 29 heavy (non-hydrogen) atoms. The fourth-order valence-electron chi connectivity index (χ4n) is 3.13.